The van der Waals surface area contributed by atoms with Crippen LogP contribution in [0.15, 0.2) is 34.6 Å². The van der Waals surface area contributed by atoms with E-state index in [4.69, 9.17) is 10.5 Å². The van der Waals surface area contributed by atoms with Crippen molar-refractivity contribution in [2.24, 2.45) is 10.7 Å². The van der Waals surface area contributed by atoms with Gasteiger partial charge in [-0.1, -0.05) is 12.1 Å². The number of ether oxygens (including phenoxy) is 1. The van der Waals surface area contributed by atoms with Gasteiger partial charge >= 0.3 is 6.09 Å². The number of hydrogen-bond acceptors (Lipinski definition) is 5. The second-order valence-electron chi connectivity index (χ2n) is 4.20. The van der Waals surface area contributed by atoms with Crippen molar-refractivity contribution in [2.45, 2.75) is 6.92 Å². The fourth-order valence-corrected chi connectivity index (χ4v) is 2.40. The fraction of sp³-hybridized carbons (Fsp3) is 0.214. The number of amides is 1. The highest BCUT2D eigenvalue weighted by molar-refractivity contribution is 7.14. The summed E-state index contributed by atoms with van der Waals surface area (Å²) in [6.07, 6.45) is -0.479. The van der Waals surface area contributed by atoms with Crippen molar-refractivity contribution in [3.63, 3.8) is 0 Å². The van der Waals surface area contributed by atoms with E-state index < -0.39 is 6.09 Å². The van der Waals surface area contributed by atoms with Gasteiger partial charge in [0.2, 0.25) is 0 Å². The van der Waals surface area contributed by atoms with Gasteiger partial charge in [0.25, 0.3) is 0 Å². The molecule has 22 heavy (non-hydrogen) atoms. The van der Waals surface area contributed by atoms with E-state index in [0.717, 1.165) is 11.3 Å². The molecule has 0 saturated carbocycles. The summed E-state index contributed by atoms with van der Waals surface area (Å²) in [5.41, 5.74) is 7.91. The third-order valence-corrected chi connectivity index (χ3v) is 3.42. The van der Waals surface area contributed by atoms with Crippen LogP contribution in [0.3, 0.4) is 0 Å². The number of carbonyl (C=O) groups excluding carboxylic acids is 1. The second-order valence-corrected chi connectivity index (χ2v) is 5.06. The number of aromatic nitrogens is 1. The molecule has 0 saturated heterocycles. The fourth-order valence-electron chi connectivity index (χ4n) is 1.67. The first-order chi connectivity index (χ1) is 10.6. The van der Waals surface area contributed by atoms with Crippen molar-refractivity contribution in [3.8, 4) is 11.3 Å². The van der Waals surface area contributed by atoms with Gasteiger partial charge in [-0.3, -0.25) is 10.3 Å². The first-order valence-electron chi connectivity index (χ1n) is 6.61. The Balaban J connectivity index is 2.14. The van der Waals surface area contributed by atoms with Crippen LogP contribution in [0.4, 0.5) is 15.6 Å². The number of carbonyl (C=O) groups is 1. The zero-order valence-electron chi connectivity index (χ0n) is 12.3. The Morgan fingerprint density at radius 1 is 1.45 bits per heavy atom. The maximum Gasteiger partial charge on any atom is 0.411 e. The van der Waals surface area contributed by atoms with Gasteiger partial charge in [-0.2, -0.15) is 0 Å². The molecule has 0 aliphatic carbocycles. The lowest BCUT2D eigenvalue weighted by Crippen LogP contribution is -2.21. The Morgan fingerprint density at radius 3 is 3.00 bits per heavy atom. The lowest BCUT2D eigenvalue weighted by atomic mass is 10.1. The molecule has 0 radical (unpaired) electrons. The van der Waals surface area contributed by atoms with Gasteiger partial charge in [-0.15, -0.1) is 11.3 Å². The molecule has 0 aliphatic heterocycles. The van der Waals surface area contributed by atoms with Gasteiger partial charge in [0, 0.05) is 23.7 Å². The maximum atomic E-state index is 11.4. The van der Waals surface area contributed by atoms with Gasteiger partial charge in [0.15, 0.2) is 11.1 Å². The summed E-state index contributed by atoms with van der Waals surface area (Å²) in [4.78, 5) is 19.7. The van der Waals surface area contributed by atoms with Gasteiger partial charge in [-0.25, -0.2) is 9.78 Å². The molecule has 116 valence electrons. The van der Waals surface area contributed by atoms with Gasteiger partial charge in [0.05, 0.1) is 12.3 Å². The van der Waals surface area contributed by atoms with Crippen molar-refractivity contribution >= 4 is 34.2 Å². The summed E-state index contributed by atoms with van der Waals surface area (Å²) < 4.78 is 4.85. The molecular formula is C14H17N5O2S. The molecule has 7 nitrogen and oxygen atoms in total. The quantitative estimate of drug-likeness (QED) is 0.594. The standard InChI is InChI=1S/C14H17N5O2S/c1-3-21-14(20)17-10-6-4-5-9(7-10)11-8-22-13(18-11)19-12(15)16-2/h4-8H,3H2,1-2H3,(H,17,20)(H3,15,16,18,19). The minimum absolute atomic E-state index is 0.304. The highest BCUT2D eigenvalue weighted by atomic mass is 32.1. The van der Waals surface area contributed by atoms with Crippen LogP contribution in [0.2, 0.25) is 0 Å². The van der Waals surface area contributed by atoms with Crippen molar-refractivity contribution in [2.75, 3.05) is 24.3 Å². The van der Waals surface area contributed by atoms with Crippen LogP contribution in [0.1, 0.15) is 6.92 Å². The average molecular weight is 319 g/mol. The van der Waals surface area contributed by atoms with E-state index in [1.54, 1.807) is 20.0 Å². The summed E-state index contributed by atoms with van der Waals surface area (Å²) in [6, 6.07) is 7.36. The Bertz CT molecular complexity index is 683. The van der Waals surface area contributed by atoms with E-state index >= 15 is 0 Å². The molecule has 1 amide bonds. The molecule has 0 bridgehead atoms. The number of hydrogen-bond donors (Lipinski definition) is 3. The molecule has 0 aliphatic rings. The molecule has 2 aromatic rings. The number of guanidine groups is 1. The van der Waals surface area contributed by atoms with E-state index in [1.807, 2.05) is 23.6 Å². The number of nitrogens with two attached hydrogens (primary N) is 1. The number of thiazole rings is 1. The van der Waals surface area contributed by atoms with E-state index in [0.29, 0.717) is 23.4 Å². The minimum atomic E-state index is -0.479. The van der Waals surface area contributed by atoms with E-state index in [1.165, 1.54) is 11.3 Å². The highest BCUT2D eigenvalue weighted by Crippen LogP contribution is 2.26. The minimum Gasteiger partial charge on any atom is -0.450 e. The lowest BCUT2D eigenvalue weighted by molar-refractivity contribution is 0.168. The van der Waals surface area contributed by atoms with Crippen LogP contribution in [0, 0.1) is 0 Å². The number of aliphatic imine (C=N–C) groups is 1. The number of benzene rings is 1. The van der Waals surface area contributed by atoms with E-state index in [9.17, 15) is 4.79 Å². The van der Waals surface area contributed by atoms with Crippen molar-refractivity contribution in [1.82, 2.24) is 4.98 Å². The first kappa shape index (κ1) is 15.8. The Morgan fingerprint density at radius 2 is 2.27 bits per heavy atom. The number of nitrogens with zero attached hydrogens (tertiary/aromatic N) is 2. The van der Waals surface area contributed by atoms with Gasteiger partial charge in [-0.05, 0) is 19.1 Å². The second kappa shape index (κ2) is 7.41. The molecule has 1 aromatic carbocycles. The molecule has 1 aromatic heterocycles. The normalized spacial score (nSPS) is 11.1. The van der Waals surface area contributed by atoms with Crippen molar-refractivity contribution < 1.29 is 9.53 Å². The summed E-state index contributed by atoms with van der Waals surface area (Å²) >= 11 is 1.42. The summed E-state index contributed by atoms with van der Waals surface area (Å²) in [5.74, 6) is 0.304. The number of rotatable bonds is 4. The molecule has 8 heteroatoms. The predicted octanol–water partition coefficient (Wildman–Crippen LogP) is 2.73. The maximum absolute atomic E-state index is 11.4. The zero-order chi connectivity index (χ0) is 15.9. The van der Waals surface area contributed by atoms with E-state index in [2.05, 4.69) is 20.6 Å². The zero-order valence-corrected chi connectivity index (χ0v) is 13.1. The lowest BCUT2D eigenvalue weighted by Gasteiger charge is -2.06. The smallest absolute Gasteiger partial charge is 0.411 e. The monoisotopic (exact) mass is 319 g/mol. The van der Waals surface area contributed by atoms with Gasteiger partial charge < -0.3 is 15.8 Å². The largest absolute Gasteiger partial charge is 0.450 e. The van der Waals surface area contributed by atoms with Crippen LogP contribution in [-0.2, 0) is 4.74 Å². The third kappa shape index (κ3) is 4.19. The van der Waals surface area contributed by atoms with Gasteiger partial charge in [0.1, 0.15) is 0 Å². The number of nitrogens with one attached hydrogen (secondary N) is 2. The van der Waals surface area contributed by atoms with Crippen LogP contribution in [-0.4, -0.2) is 30.7 Å². The predicted molar refractivity (Wildman–Crippen MR) is 89.4 cm³/mol. The molecule has 2 rings (SSSR count). The Labute approximate surface area is 132 Å². The summed E-state index contributed by atoms with van der Waals surface area (Å²) in [7, 11) is 1.60. The molecule has 0 spiro atoms. The van der Waals surface area contributed by atoms with Crippen LogP contribution in [0.5, 0.6) is 0 Å². The van der Waals surface area contributed by atoms with Crippen LogP contribution >= 0.6 is 11.3 Å². The molecule has 0 unspecified atom stereocenters. The Kier molecular flexibility index (Phi) is 5.31. The highest BCUT2D eigenvalue weighted by Gasteiger charge is 2.07. The first-order valence-corrected chi connectivity index (χ1v) is 7.49. The number of anilines is 2. The van der Waals surface area contributed by atoms with Crippen LogP contribution < -0.4 is 16.4 Å². The Hall–Kier alpha value is -2.61. The summed E-state index contributed by atoms with van der Waals surface area (Å²) in [5, 5.41) is 8.10. The third-order valence-electron chi connectivity index (χ3n) is 2.66. The average Bonchev–Trinajstić information content (AvgIpc) is 2.96. The molecule has 0 fully saturated rings. The summed E-state index contributed by atoms with van der Waals surface area (Å²) in [6.45, 7) is 2.08. The SMILES string of the molecule is CCOC(=O)Nc1cccc(-c2csc(NC(N)=NC)n2)c1. The topological polar surface area (TPSA) is 102 Å². The van der Waals surface area contributed by atoms with Crippen molar-refractivity contribution in [1.29, 1.82) is 0 Å². The van der Waals surface area contributed by atoms with E-state index in [-0.39, 0.29) is 0 Å². The molecular weight excluding hydrogens is 302 g/mol. The molecule has 0 atom stereocenters. The molecule has 4 N–H and O–H groups in total. The van der Waals surface area contributed by atoms with Crippen molar-refractivity contribution in [3.05, 3.63) is 29.6 Å². The molecule has 1 heterocycles. The van der Waals surface area contributed by atoms with Crippen LogP contribution in [0.25, 0.3) is 11.3 Å².